The molecule has 11 heteroatoms. The van der Waals surface area contributed by atoms with Gasteiger partial charge in [-0.25, -0.2) is 14.3 Å². The Morgan fingerprint density at radius 1 is 1.09 bits per heavy atom. The standard InChI is InChI=1S/C21H21N7O4/c29-19(18-13-28(27-26-18)12-17-11-23-21(31)32-17)22-10-14-5-4-8-16(9-14)25-20(30)24-15-6-2-1-3-7-15/h1-9,13,17H,10-12H2,(H,22,29)(H,23,31)(H2,24,25,30). The molecule has 1 aromatic heterocycles. The fraction of sp³-hybridized carbons (Fsp3) is 0.190. The molecular formula is C21H21N7O4. The van der Waals surface area contributed by atoms with Crippen molar-refractivity contribution in [2.45, 2.75) is 19.2 Å². The highest BCUT2D eigenvalue weighted by Gasteiger charge is 2.23. The van der Waals surface area contributed by atoms with Crippen LogP contribution in [0.15, 0.2) is 60.8 Å². The molecule has 32 heavy (non-hydrogen) atoms. The molecule has 0 aliphatic carbocycles. The van der Waals surface area contributed by atoms with Gasteiger partial charge < -0.3 is 26.0 Å². The van der Waals surface area contributed by atoms with Crippen LogP contribution in [0, 0.1) is 0 Å². The maximum atomic E-state index is 12.4. The van der Waals surface area contributed by atoms with Crippen molar-refractivity contribution >= 4 is 29.4 Å². The Labute approximate surface area is 183 Å². The van der Waals surface area contributed by atoms with Crippen LogP contribution in [0.2, 0.25) is 0 Å². The van der Waals surface area contributed by atoms with Crippen molar-refractivity contribution in [2.75, 3.05) is 17.2 Å². The summed E-state index contributed by atoms with van der Waals surface area (Å²) < 4.78 is 6.49. The Balaban J connectivity index is 1.28. The summed E-state index contributed by atoms with van der Waals surface area (Å²) in [6.45, 7) is 0.928. The maximum absolute atomic E-state index is 12.4. The molecule has 1 unspecified atom stereocenters. The van der Waals surface area contributed by atoms with Crippen LogP contribution >= 0.6 is 0 Å². The monoisotopic (exact) mass is 435 g/mol. The number of para-hydroxylation sites is 1. The third-order valence-electron chi connectivity index (χ3n) is 4.58. The van der Waals surface area contributed by atoms with E-state index in [2.05, 4.69) is 31.6 Å². The van der Waals surface area contributed by atoms with Crippen LogP contribution in [0.1, 0.15) is 16.1 Å². The van der Waals surface area contributed by atoms with Crippen LogP contribution in [0.5, 0.6) is 0 Å². The number of benzene rings is 2. The summed E-state index contributed by atoms with van der Waals surface area (Å²) in [5.74, 6) is -0.391. The zero-order valence-corrected chi connectivity index (χ0v) is 16.9. The maximum Gasteiger partial charge on any atom is 0.407 e. The number of hydrogen-bond acceptors (Lipinski definition) is 6. The number of urea groups is 1. The van der Waals surface area contributed by atoms with Gasteiger partial charge in [0.05, 0.1) is 19.3 Å². The number of amides is 4. The molecule has 3 aromatic rings. The van der Waals surface area contributed by atoms with Crippen molar-refractivity contribution in [1.82, 2.24) is 25.6 Å². The lowest BCUT2D eigenvalue weighted by Gasteiger charge is -2.09. The van der Waals surface area contributed by atoms with Crippen molar-refractivity contribution in [1.29, 1.82) is 0 Å². The number of alkyl carbamates (subject to hydrolysis) is 1. The van der Waals surface area contributed by atoms with Gasteiger partial charge in [-0.3, -0.25) is 4.79 Å². The van der Waals surface area contributed by atoms with Crippen molar-refractivity contribution in [3.63, 3.8) is 0 Å². The highest BCUT2D eigenvalue weighted by Crippen LogP contribution is 2.12. The zero-order chi connectivity index (χ0) is 22.3. The quantitative estimate of drug-likeness (QED) is 0.447. The smallest absolute Gasteiger partial charge is 0.407 e. The Kier molecular flexibility index (Phi) is 6.25. The van der Waals surface area contributed by atoms with Gasteiger partial charge in [0.25, 0.3) is 5.91 Å². The van der Waals surface area contributed by atoms with Crippen LogP contribution in [-0.2, 0) is 17.8 Å². The number of carbonyl (C=O) groups is 3. The van der Waals surface area contributed by atoms with E-state index in [1.54, 1.807) is 30.3 Å². The van der Waals surface area contributed by atoms with E-state index in [0.29, 0.717) is 24.5 Å². The number of rotatable bonds is 7. The first-order chi connectivity index (χ1) is 15.5. The molecule has 2 heterocycles. The van der Waals surface area contributed by atoms with Crippen LogP contribution in [0.4, 0.5) is 21.0 Å². The first kappa shape index (κ1) is 20.8. The zero-order valence-electron chi connectivity index (χ0n) is 16.9. The molecule has 0 spiro atoms. The number of ether oxygens (including phenoxy) is 1. The minimum Gasteiger partial charge on any atom is -0.442 e. The lowest BCUT2D eigenvalue weighted by molar-refractivity contribution is 0.0945. The summed E-state index contributed by atoms with van der Waals surface area (Å²) in [6.07, 6.45) is 0.671. The molecule has 2 aromatic carbocycles. The minimum absolute atomic E-state index is 0.152. The predicted octanol–water partition coefficient (Wildman–Crippen LogP) is 1.96. The fourth-order valence-corrected chi connectivity index (χ4v) is 3.08. The van der Waals surface area contributed by atoms with Crippen LogP contribution in [0.3, 0.4) is 0 Å². The van der Waals surface area contributed by atoms with E-state index in [4.69, 9.17) is 4.74 Å². The Bertz CT molecular complexity index is 1120. The van der Waals surface area contributed by atoms with Crippen molar-refractivity contribution in [3.8, 4) is 0 Å². The van der Waals surface area contributed by atoms with E-state index in [9.17, 15) is 14.4 Å². The average Bonchev–Trinajstić information content (AvgIpc) is 3.42. The first-order valence-corrected chi connectivity index (χ1v) is 9.90. The van der Waals surface area contributed by atoms with Gasteiger partial charge in [0.1, 0.15) is 6.10 Å². The molecule has 0 saturated carbocycles. The highest BCUT2D eigenvalue weighted by molar-refractivity contribution is 5.99. The van der Waals surface area contributed by atoms with Gasteiger partial charge in [0, 0.05) is 17.9 Å². The van der Waals surface area contributed by atoms with Crippen molar-refractivity contribution < 1.29 is 19.1 Å². The summed E-state index contributed by atoms with van der Waals surface area (Å²) in [5.41, 5.74) is 2.23. The van der Waals surface area contributed by atoms with Gasteiger partial charge >= 0.3 is 12.1 Å². The Hall–Kier alpha value is -4.41. The molecule has 0 radical (unpaired) electrons. The molecular weight excluding hydrogens is 414 g/mol. The molecule has 0 bridgehead atoms. The van der Waals surface area contributed by atoms with E-state index < -0.39 is 12.0 Å². The summed E-state index contributed by atoms with van der Waals surface area (Å²) in [6, 6.07) is 15.9. The van der Waals surface area contributed by atoms with Crippen LogP contribution in [0.25, 0.3) is 0 Å². The summed E-state index contributed by atoms with van der Waals surface area (Å²) >= 11 is 0. The van der Waals surface area contributed by atoms with Crippen LogP contribution in [-0.4, -0.2) is 45.7 Å². The van der Waals surface area contributed by atoms with E-state index in [1.807, 2.05) is 24.3 Å². The van der Waals surface area contributed by atoms with E-state index in [0.717, 1.165) is 5.56 Å². The number of nitrogens with zero attached hydrogens (tertiary/aromatic N) is 3. The lowest BCUT2D eigenvalue weighted by atomic mass is 10.2. The molecule has 1 fully saturated rings. The summed E-state index contributed by atoms with van der Waals surface area (Å²) in [5, 5.41) is 18.6. The normalized spacial score (nSPS) is 14.9. The van der Waals surface area contributed by atoms with Gasteiger partial charge in [-0.1, -0.05) is 35.5 Å². The second-order valence-corrected chi connectivity index (χ2v) is 7.06. The molecule has 4 N–H and O–H groups in total. The summed E-state index contributed by atoms with van der Waals surface area (Å²) in [4.78, 5) is 35.6. The lowest BCUT2D eigenvalue weighted by Crippen LogP contribution is -2.23. The van der Waals surface area contributed by atoms with E-state index in [-0.39, 0.29) is 24.4 Å². The first-order valence-electron chi connectivity index (χ1n) is 9.90. The van der Waals surface area contributed by atoms with Gasteiger partial charge in [0.2, 0.25) is 0 Å². The number of anilines is 2. The largest absolute Gasteiger partial charge is 0.442 e. The Morgan fingerprint density at radius 2 is 1.88 bits per heavy atom. The third kappa shape index (κ3) is 5.59. The van der Waals surface area contributed by atoms with Gasteiger partial charge in [-0.15, -0.1) is 5.10 Å². The molecule has 1 atom stereocenters. The second-order valence-electron chi connectivity index (χ2n) is 7.06. The number of cyclic esters (lactones) is 1. The number of nitrogens with one attached hydrogen (secondary N) is 4. The SMILES string of the molecule is O=C(Nc1ccccc1)Nc1cccc(CNC(=O)c2cn(CC3CNC(=O)O3)nn2)c1. The number of aromatic nitrogens is 3. The second kappa shape index (κ2) is 9.60. The highest BCUT2D eigenvalue weighted by atomic mass is 16.6. The molecule has 1 saturated heterocycles. The number of carbonyl (C=O) groups excluding carboxylic acids is 3. The molecule has 4 amide bonds. The fourth-order valence-electron chi connectivity index (χ4n) is 3.08. The molecule has 11 nitrogen and oxygen atoms in total. The molecule has 1 aliphatic rings. The third-order valence-corrected chi connectivity index (χ3v) is 4.58. The van der Waals surface area contributed by atoms with E-state index in [1.165, 1.54) is 10.9 Å². The summed E-state index contributed by atoms with van der Waals surface area (Å²) in [7, 11) is 0. The average molecular weight is 435 g/mol. The Morgan fingerprint density at radius 3 is 2.66 bits per heavy atom. The van der Waals surface area contributed by atoms with Crippen molar-refractivity contribution in [2.24, 2.45) is 0 Å². The van der Waals surface area contributed by atoms with E-state index >= 15 is 0 Å². The van der Waals surface area contributed by atoms with Gasteiger partial charge in [0.15, 0.2) is 5.69 Å². The van der Waals surface area contributed by atoms with Gasteiger partial charge in [-0.05, 0) is 29.8 Å². The van der Waals surface area contributed by atoms with Crippen molar-refractivity contribution in [3.05, 3.63) is 72.1 Å². The topological polar surface area (TPSA) is 139 Å². The molecule has 4 rings (SSSR count). The van der Waals surface area contributed by atoms with Crippen LogP contribution < -0.4 is 21.3 Å². The van der Waals surface area contributed by atoms with Gasteiger partial charge in [-0.2, -0.15) is 0 Å². The predicted molar refractivity (Wildman–Crippen MR) is 115 cm³/mol. The number of hydrogen-bond donors (Lipinski definition) is 4. The molecule has 1 aliphatic heterocycles. The molecule has 164 valence electrons. The minimum atomic E-state index is -0.470.